The summed E-state index contributed by atoms with van der Waals surface area (Å²) in [5, 5.41) is 14.9. The van der Waals surface area contributed by atoms with Gasteiger partial charge in [-0.05, 0) is 44.4 Å². The van der Waals surface area contributed by atoms with Crippen LogP contribution in [0.15, 0.2) is 29.6 Å². The molecule has 0 fully saturated rings. The zero-order valence-electron chi connectivity index (χ0n) is 14.1. The number of aryl methyl sites for hydroxylation is 2. The van der Waals surface area contributed by atoms with E-state index in [9.17, 15) is 9.59 Å². The van der Waals surface area contributed by atoms with Crippen molar-refractivity contribution in [1.29, 1.82) is 0 Å². The summed E-state index contributed by atoms with van der Waals surface area (Å²) in [5.41, 5.74) is 1.70. The van der Waals surface area contributed by atoms with Crippen LogP contribution in [0.5, 0.6) is 0 Å². The number of carboxylic acid groups (broad SMARTS) is 1. The maximum atomic E-state index is 12.3. The zero-order valence-corrected chi connectivity index (χ0v) is 14.9. The first-order valence-corrected chi connectivity index (χ1v) is 8.78. The highest BCUT2D eigenvalue weighted by Gasteiger charge is 2.29. The second kappa shape index (κ2) is 7.57. The van der Waals surface area contributed by atoms with Gasteiger partial charge in [-0.1, -0.05) is 19.1 Å². The lowest BCUT2D eigenvalue weighted by Crippen LogP contribution is -2.43. The van der Waals surface area contributed by atoms with Crippen LogP contribution in [0.1, 0.15) is 53.3 Å². The van der Waals surface area contributed by atoms with Crippen LogP contribution in [0.25, 0.3) is 0 Å². The molecular weight excluding hydrogens is 324 g/mol. The molecule has 1 atom stereocenters. The van der Waals surface area contributed by atoms with E-state index in [1.54, 1.807) is 35.6 Å². The maximum absolute atomic E-state index is 12.3. The van der Waals surface area contributed by atoms with Crippen LogP contribution in [0, 0.1) is 6.92 Å². The molecule has 0 saturated heterocycles. The van der Waals surface area contributed by atoms with Crippen LogP contribution in [-0.4, -0.2) is 22.0 Å². The SMILES string of the molecule is CC[C@](C)(NC(=O)CCc1ccc(C(=O)O)cc1)c1nc(C)cs1. The van der Waals surface area contributed by atoms with Gasteiger partial charge in [0.2, 0.25) is 5.91 Å². The first-order valence-electron chi connectivity index (χ1n) is 7.90. The Morgan fingerprint density at radius 2 is 1.96 bits per heavy atom. The fourth-order valence-electron chi connectivity index (χ4n) is 2.34. The van der Waals surface area contributed by atoms with Gasteiger partial charge in [-0.3, -0.25) is 4.79 Å². The molecule has 0 aliphatic carbocycles. The fourth-order valence-corrected chi connectivity index (χ4v) is 3.33. The molecule has 0 bridgehead atoms. The molecule has 0 radical (unpaired) electrons. The van der Waals surface area contributed by atoms with Gasteiger partial charge < -0.3 is 10.4 Å². The minimum Gasteiger partial charge on any atom is -0.478 e. The Morgan fingerprint density at radius 3 is 2.46 bits per heavy atom. The van der Waals surface area contributed by atoms with E-state index in [1.807, 2.05) is 26.2 Å². The standard InChI is InChI=1S/C18H22N2O3S/c1-4-18(3,17-19-12(2)11-24-17)20-15(21)10-7-13-5-8-14(9-6-13)16(22)23/h5-6,8-9,11H,4,7,10H2,1-3H3,(H,20,21)(H,22,23)/t18-/m0/s1. The summed E-state index contributed by atoms with van der Waals surface area (Å²) < 4.78 is 0. The van der Waals surface area contributed by atoms with Gasteiger partial charge in [0.15, 0.2) is 0 Å². The number of rotatable bonds is 7. The quantitative estimate of drug-likeness (QED) is 0.804. The van der Waals surface area contributed by atoms with Gasteiger partial charge in [-0.2, -0.15) is 0 Å². The third kappa shape index (κ3) is 4.41. The van der Waals surface area contributed by atoms with Gasteiger partial charge in [0.05, 0.1) is 11.1 Å². The lowest BCUT2D eigenvalue weighted by atomic mass is 9.99. The molecule has 5 nitrogen and oxygen atoms in total. The number of benzene rings is 1. The average Bonchev–Trinajstić information content (AvgIpc) is 3.00. The highest BCUT2D eigenvalue weighted by molar-refractivity contribution is 7.09. The van der Waals surface area contributed by atoms with Crippen LogP contribution in [0.3, 0.4) is 0 Å². The summed E-state index contributed by atoms with van der Waals surface area (Å²) in [5.74, 6) is -0.980. The molecule has 128 valence electrons. The number of carbonyl (C=O) groups excluding carboxylic acids is 1. The number of amides is 1. The van der Waals surface area contributed by atoms with E-state index in [4.69, 9.17) is 5.11 Å². The third-order valence-electron chi connectivity index (χ3n) is 4.06. The zero-order chi connectivity index (χ0) is 17.7. The van der Waals surface area contributed by atoms with E-state index in [0.717, 1.165) is 22.7 Å². The van der Waals surface area contributed by atoms with Gasteiger partial charge >= 0.3 is 5.97 Å². The van der Waals surface area contributed by atoms with E-state index in [1.165, 1.54) is 0 Å². The second-order valence-electron chi connectivity index (χ2n) is 6.03. The number of hydrogen-bond donors (Lipinski definition) is 2. The maximum Gasteiger partial charge on any atom is 0.335 e. The third-order valence-corrected chi connectivity index (χ3v) is 5.28. The summed E-state index contributed by atoms with van der Waals surface area (Å²) in [6.07, 6.45) is 1.69. The number of hydrogen-bond acceptors (Lipinski definition) is 4. The minimum absolute atomic E-state index is 0.0329. The molecule has 1 heterocycles. The normalized spacial score (nSPS) is 13.3. The smallest absolute Gasteiger partial charge is 0.335 e. The average molecular weight is 346 g/mol. The van der Waals surface area contributed by atoms with Crippen LogP contribution in [-0.2, 0) is 16.8 Å². The fraction of sp³-hybridized carbons (Fsp3) is 0.389. The van der Waals surface area contributed by atoms with Crippen molar-refractivity contribution in [1.82, 2.24) is 10.3 Å². The Kier molecular flexibility index (Phi) is 5.72. The predicted molar refractivity (Wildman–Crippen MR) is 94.4 cm³/mol. The van der Waals surface area contributed by atoms with Crippen LogP contribution >= 0.6 is 11.3 Å². The van der Waals surface area contributed by atoms with Crippen LogP contribution < -0.4 is 5.32 Å². The van der Waals surface area contributed by atoms with E-state index < -0.39 is 11.5 Å². The highest BCUT2D eigenvalue weighted by atomic mass is 32.1. The lowest BCUT2D eigenvalue weighted by Gasteiger charge is -2.27. The number of nitrogens with zero attached hydrogens (tertiary/aromatic N) is 1. The summed E-state index contributed by atoms with van der Waals surface area (Å²) in [6.45, 7) is 5.96. The summed E-state index contributed by atoms with van der Waals surface area (Å²) in [6, 6.07) is 6.62. The lowest BCUT2D eigenvalue weighted by molar-refractivity contribution is -0.123. The molecular formula is C18H22N2O3S. The number of nitrogens with one attached hydrogen (secondary N) is 1. The molecule has 1 aromatic heterocycles. The van der Waals surface area contributed by atoms with Gasteiger partial charge in [0, 0.05) is 17.5 Å². The monoisotopic (exact) mass is 346 g/mol. The van der Waals surface area contributed by atoms with Gasteiger partial charge in [-0.15, -0.1) is 11.3 Å². The number of aromatic carboxylic acids is 1. The van der Waals surface area contributed by atoms with Crippen molar-refractivity contribution < 1.29 is 14.7 Å². The van der Waals surface area contributed by atoms with Gasteiger partial charge in [0.1, 0.15) is 5.01 Å². The topological polar surface area (TPSA) is 79.3 Å². The molecule has 6 heteroatoms. The Labute approximate surface area is 145 Å². The van der Waals surface area contributed by atoms with Gasteiger partial charge in [-0.25, -0.2) is 9.78 Å². The number of carbonyl (C=O) groups is 2. The minimum atomic E-state index is -0.947. The Bertz CT molecular complexity index is 724. The summed E-state index contributed by atoms with van der Waals surface area (Å²) in [4.78, 5) is 27.7. The Morgan fingerprint density at radius 1 is 1.29 bits per heavy atom. The molecule has 2 rings (SSSR count). The Balaban J connectivity index is 1.95. The first-order chi connectivity index (χ1) is 11.3. The predicted octanol–water partition coefficient (Wildman–Crippen LogP) is 3.52. The first kappa shape index (κ1) is 18.1. The molecule has 0 unspecified atom stereocenters. The van der Waals surface area contributed by atoms with Crippen molar-refractivity contribution in [2.45, 2.75) is 45.6 Å². The van der Waals surface area contributed by atoms with Crippen molar-refractivity contribution >= 4 is 23.2 Å². The molecule has 1 amide bonds. The molecule has 0 aliphatic heterocycles. The second-order valence-corrected chi connectivity index (χ2v) is 6.89. The largest absolute Gasteiger partial charge is 0.478 e. The van der Waals surface area contributed by atoms with E-state index >= 15 is 0 Å². The highest BCUT2D eigenvalue weighted by Crippen LogP contribution is 2.27. The van der Waals surface area contributed by atoms with Gasteiger partial charge in [0.25, 0.3) is 0 Å². The van der Waals surface area contributed by atoms with Crippen molar-refractivity contribution in [2.75, 3.05) is 0 Å². The Hall–Kier alpha value is -2.21. The van der Waals surface area contributed by atoms with E-state index in [0.29, 0.717) is 12.8 Å². The molecule has 2 aromatic rings. The molecule has 0 aliphatic rings. The molecule has 2 N–H and O–H groups in total. The van der Waals surface area contributed by atoms with Crippen LogP contribution in [0.4, 0.5) is 0 Å². The summed E-state index contributed by atoms with van der Waals surface area (Å²) in [7, 11) is 0. The molecule has 0 saturated carbocycles. The molecule has 0 spiro atoms. The van der Waals surface area contributed by atoms with Crippen molar-refractivity contribution in [3.8, 4) is 0 Å². The molecule has 1 aromatic carbocycles. The number of carboxylic acids is 1. The van der Waals surface area contributed by atoms with E-state index in [2.05, 4.69) is 10.3 Å². The van der Waals surface area contributed by atoms with Crippen molar-refractivity contribution in [2.24, 2.45) is 0 Å². The summed E-state index contributed by atoms with van der Waals surface area (Å²) >= 11 is 1.56. The van der Waals surface area contributed by atoms with Crippen LogP contribution in [0.2, 0.25) is 0 Å². The number of aromatic nitrogens is 1. The van der Waals surface area contributed by atoms with Crippen molar-refractivity contribution in [3.05, 3.63) is 51.5 Å². The van der Waals surface area contributed by atoms with Crippen molar-refractivity contribution in [3.63, 3.8) is 0 Å². The molecule has 24 heavy (non-hydrogen) atoms. The number of thiazole rings is 1. The van der Waals surface area contributed by atoms with E-state index in [-0.39, 0.29) is 11.5 Å².